The number of aliphatic hydroxyl groups is 1. The van der Waals surface area contributed by atoms with E-state index in [-0.39, 0.29) is 22.8 Å². The third-order valence-corrected chi connectivity index (χ3v) is 2.87. The van der Waals surface area contributed by atoms with Crippen LogP contribution in [0.15, 0.2) is 29.0 Å². The van der Waals surface area contributed by atoms with Gasteiger partial charge in [0.05, 0.1) is 16.0 Å². The molecule has 0 aliphatic rings. The van der Waals surface area contributed by atoms with E-state index in [1.165, 1.54) is 12.4 Å². The smallest absolute Gasteiger partial charge is 0.322 e. The summed E-state index contributed by atoms with van der Waals surface area (Å²) in [5, 5.41) is 19.7. The van der Waals surface area contributed by atoms with Crippen molar-refractivity contribution in [3.05, 3.63) is 50.5 Å². The molecule has 0 radical (unpaired) electrons. The van der Waals surface area contributed by atoms with Crippen LogP contribution in [0.3, 0.4) is 0 Å². The van der Waals surface area contributed by atoms with E-state index in [9.17, 15) is 14.5 Å². The second-order valence-corrected chi connectivity index (χ2v) is 4.48. The number of aromatic nitrogens is 2. The summed E-state index contributed by atoms with van der Waals surface area (Å²) in [7, 11) is 0. The molecule has 1 aromatic heterocycles. The van der Waals surface area contributed by atoms with Crippen molar-refractivity contribution < 1.29 is 19.2 Å². The molecule has 0 fully saturated rings. The van der Waals surface area contributed by atoms with Crippen LogP contribution < -0.4 is 4.74 Å². The number of ether oxygens (including phenoxy) is 1. The highest BCUT2D eigenvalue weighted by molar-refractivity contribution is 9.10. The zero-order valence-corrected chi connectivity index (χ0v) is 11.4. The lowest BCUT2D eigenvalue weighted by molar-refractivity contribution is -0.385. The van der Waals surface area contributed by atoms with Gasteiger partial charge in [-0.05, 0) is 15.9 Å². The van der Waals surface area contributed by atoms with Crippen molar-refractivity contribution in [2.24, 2.45) is 0 Å². The minimum absolute atomic E-state index is 0.0481. The Morgan fingerprint density at radius 3 is 2.60 bits per heavy atom. The number of hydrogen-bond acceptors (Lipinski definition) is 6. The van der Waals surface area contributed by atoms with Gasteiger partial charge in [-0.1, -0.05) is 0 Å². The summed E-state index contributed by atoms with van der Waals surface area (Å²) in [6, 6.07) is 1.67. The molecule has 0 atom stereocenters. The van der Waals surface area contributed by atoms with Crippen molar-refractivity contribution >= 4 is 21.6 Å². The van der Waals surface area contributed by atoms with Gasteiger partial charge in [0.15, 0.2) is 0 Å². The summed E-state index contributed by atoms with van der Waals surface area (Å²) in [5.74, 6) is -1.02. The predicted octanol–water partition coefficient (Wildman–Crippen LogP) is 2.57. The highest BCUT2D eigenvalue weighted by Crippen LogP contribution is 2.34. The molecule has 0 saturated carbocycles. The molecule has 0 amide bonds. The van der Waals surface area contributed by atoms with Crippen molar-refractivity contribution in [2.45, 2.75) is 6.61 Å². The summed E-state index contributed by atoms with van der Waals surface area (Å²) in [6.07, 6.45) is 2.59. The van der Waals surface area contributed by atoms with Crippen LogP contribution in [0.2, 0.25) is 0 Å². The van der Waals surface area contributed by atoms with Crippen LogP contribution >= 0.6 is 15.9 Å². The third kappa shape index (κ3) is 3.06. The predicted molar refractivity (Wildman–Crippen MR) is 68.8 cm³/mol. The summed E-state index contributed by atoms with van der Waals surface area (Å²) in [6.45, 7) is -0.243. The number of hydrogen-bond donors (Lipinski definition) is 1. The van der Waals surface area contributed by atoms with Crippen LogP contribution in [0, 0.1) is 15.9 Å². The molecule has 0 bridgehead atoms. The van der Waals surface area contributed by atoms with Gasteiger partial charge in [-0.2, -0.15) is 0 Å². The molecule has 0 spiro atoms. The Balaban J connectivity index is 2.36. The fraction of sp³-hybridized carbons (Fsp3) is 0.0909. The third-order valence-electron chi connectivity index (χ3n) is 2.26. The quantitative estimate of drug-likeness (QED) is 0.676. The molecule has 0 aliphatic heterocycles. The Kier molecular flexibility index (Phi) is 4.20. The topological polar surface area (TPSA) is 98.4 Å². The number of halogens is 2. The molecule has 0 saturated heterocycles. The lowest BCUT2D eigenvalue weighted by Gasteiger charge is -2.05. The van der Waals surface area contributed by atoms with Gasteiger partial charge in [0.2, 0.25) is 5.75 Å². The molecule has 1 N–H and O–H groups in total. The largest absolute Gasteiger partial charge is 0.417 e. The van der Waals surface area contributed by atoms with Crippen molar-refractivity contribution in [3.8, 4) is 11.8 Å². The van der Waals surface area contributed by atoms with E-state index in [2.05, 4.69) is 25.9 Å². The Bertz CT molecular complexity index is 651. The van der Waals surface area contributed by atoms with E-state index in [0.717, 1.165) is 12.1 Å². The van der Waals surface area contributed by atoms with Gasteiger partial charge in [-0.25, -0.2) is 14.4 Å². The van der Waals surface area contributed by atoms with Gasteiger partial charge in [-0.3, -0.25) is 10.1 Å². The standard InChI is InChI=1S/C11H7BrFN3O4/c12-7-1-9(16(18)19)10(2-8(7)13)20-11-14-3-6(5-17)4-15-11/h1-4,17H,5H2. The van der Waals surface area contributed by atoms with Crippen LogP contribution in [0.4, 0.5) is 10.1 Å². The van der Waals surface area contributed by atoms with Crippen molar-refractivity contribution in [3.63, 3.8) is 0 Å². The maximum Gasteiger partial charge on any atom is 0.322 e. The second-order valence-electron chi connectivity index (χ2n) is 3.63. The Hall–Kier alpha value is -2.13. The number of rotatable bonds is 4. The number of aliphatic hydroxyl groups excluding tert-OH is 1. The Morgan fingerprint density at radius 1 is 1.40 bits per heavy atom. The van der Waals surface area contributed by atoms with E-state index in [4.69, 9.17) is 9.84 Å². The molecule has 104 valence electrons. The normalized spacial score (nSPS) is 10.3. The lowest BCUT2D eigenvalue weighted by Crippen LogP contribution is -1.98. The fourth-order valence-corrected chi connectivity index (χ4v) is 1.65. The van der Waals surface area contributed by atoms with Gasteiger partial charge in [0.1, 0.15) is 5.82 Å². The highest BCUT2D eigenvalue weighted by Gasteiger charge is 2.20. The molecule has 0 aliphatic carbocycles. The van der Waals surface area contributed by atoms with Crippen LogP contribution in [0.5, 0.6) is 11.8 Å². The summed E-state index contributed by atoms with van der Waals surface area (Å²) < 4.78 is 18.5. The first-order valence-corrected chi connectivity index (χ1v) is 6.03. The summed E-state index contributed by atoms with van der Waals surface area (Å²) >= 11 is 2.86. The zero-order valence-electron chi connectivity index (χ0n) is 9.79. The number of benzene rings is 1. The van der Waals surface area contributed by atoms with Gasteiger partial charge >= 0.3 is 11.7 Å². The lowest BCUT2D eigenvalue weighted by atomic mass is 10.3. The van der Waals surface area contributed by atoms with Crippen LogP contribution in [-0.4, -0.2) is 20.0 Å². The van der Waals surface area contributed by atoms with E-state index in [0.29, 0.717) is 5.56 Å². The molecule has 2 aromatic rings. The molecule has 0 unspecified atom stereocenters. The monoisotopic (exact) mass is 343 g/mol. The Morgan fingerprint density at radius 2 is 2.05 bits per heavy atom. The van der Waals surface area contributed by atoms with E-state index in [1.807, 2.05) is 0 Å². The number of nitro benzene ring substituents is 1. The number of nitrogens with zero attached hydrogens (tertiary/aromatic N) is 3. The molecule has 20 heavy (non-hydrogen) atoms. The molecule has 1 heterocycles. The summed E-state index contributed by atoms with van der Waals surface area (Å²) in [4.78, 5) is 17.7. The molecule has 9 heteroatoms. The van der Waals surface area contributed by atoms with Crippen LogP contribution in [0.1, 0.15) is 5.56 Å². The van der Waals surface area contributed by atoms with Crippen molar-refractivity contribution in [1.29, 1.82) is 0 Å². The maximum absolute atomic E-state index is 13.4. The SMILES string of the molecule is O=[N+]([O-])c1cc(Br)c(F)cc1Oc1ncc(CO)cn1. The molecule has 1 aromatic carbocycles. The van der Waals surface area contributed by atoms with E-state index < -0.39 is 16.4 Å². The van der Waals surface area contributed by atoms with Crippen molar-refractivity contribution in [1.82, 2.24) is 9.97 Å². The minimum atomic E-state index is -0.711. The molecular weight excluding hydrogens is 337 g/mol. The highest BCUT2D eigenvalue weighted by atomic mass is 79.9. The van der Waals surface area contributed by atoms with Crippen molar-refractivity contribution in [2.75, 3.05) is 0 Å². The minimum Gasteiger partial charge on any atom is -0.417 e. The summed E-state index contributed by atoms with van der Waals surface area (Å²) in [5.41, 5.74) is 0.0296. The molecule has 2 rings (SSSR count). The average molecular weight is 344 g/mol. The Labute approximate surface area is 120 Å². The van der Waals surface area contributed by atoms with Gasteiger partial charge in [0, 0.05) is 30.1 Å². The van der Waals surface area contributed by atoms with Gasteiger partial charge < -0.3 is 9.84 Å². The first kappa shape index (κ1) is 14.3. The second kappa shape index (κ2) is 5.88. The first-order valence-electron chi connectivity index (χ1n) is 5.24. The molecular formula is C11H7BrFN3O4. The van der Waals surface area contributed by atoms with Gasteiger partial charge in [-0.15, -0.1) is 0 Å². The van der Waals surface area contributed by atoms with E-state index in [1.54, 1.807) is 0 Å². The molecule has 7 nitrogen and oxygen atoms in total. The van der Waals surface area contributed by atoms with Crippen LogP contribution in [-0.2, 0) is 6.61 Å². The van der Waals surface area contributed by atoms with Gasteiger partial charge in [0.25, 0.3) is 0 Å². The number of nitro groups is 1. The van der Waals surface area contributed by atoms with Crippen LogP contribution in [0.25, 0.3) is 0 Å². The maximum atomic E-state index is 13.4. The zero-order chi connectivity index (χ0) is 14.7. The average Bonchev–Trinajstić information content (AvgIpc) is 2.43. The van der Waals surface area contributed by atoms with E-state index >= 15 is 0 Å². The first-order chi connectivity index (χ1) is 9.51. The fourth-order valence-electron chi connectivity index (χ4n) is 1.32.